The molecule has 2 aromatic rings. The molecule has 3 N–H and O–H groups in total. The fourth-order valence-corrected chi connectivity index (χ4v) is 5.03. The summed E-state index contributed by atoms with van der Waals surface area (Å²) >= 11 is 1.62. The quantitative estimate of drug-likeness (QED) is 0.424. The van der Waals surface area contributed by atoms with Gasteiger partial charge in [-0.3, -0.25) is 9.73 Å². The minimum absolute atomic E-state index is 0.315. The number of hydrogen-bond acceptors (Lipinski definition) is 8. The van der Waals surface area contributed by atoms with Crippen LogP contribution in [0.3, 0.4) is 0 Å². The fourth-order valence-electron chi connectivity index (χ4n) is 3.97. The van der Waals surface area contributed by atoms with E-state index in [1.54, 1.807) is 30.0 Å². The molecule has 1 unspecified atom stereocenters. The number of oxime groups is 1. The summed E-state index contributed by atoms with van der Waals surface area (Å²) in [7, 11) is 1.59. The number of carbonyl (C=O) groups excluding carboxylic acids is 1. The number of fused-ring (bicyclic) bond motifs is 2. The standard InChI is InChI=1S/C23H22N4O4S.2C2H6/c1-13-10-14(12-28)22(15(11-13)23-24-16-6-4-3-5-7-19(16)32-23)30-18-9-8-17(25-29-2)20-21(18)27-31-26-20;2*1-2/h5,7-12,20,25-26H,3-4,6H2,1-2H3;2*1-2H3/p+1. The molecule has 1 aromatic carbocycles. The molecule has 0 fully saturated rings. The van der Waals surface area contributed by atoms with Crippen LogP contribution in [0.4, 0.5) is 0 Å². The van der Waals surface area contributed by atoms with Crippen LogP contribution < -0.4 is 15.7 Å². The van der Waals surface area contributed by atoms with Gasteiger partial charge in [0.2, 0.25) is 0 Å². The lowest BCUT2D eigenvalue weighted by Gasteiger charge is -2.19. The second kappa shape index (κ2) is 13.3. The Balaban J connectivity index is 0.000000861. The molecule has 0 radical (unpaired) electrons. The predicted octanol–water partition coefficient (Wildman–Crippen LogP) is 4.88. The Hall–Kier alpha value is -3.11. The third-order valence-corrected chi connectivity index (χ3v) is 6.56. The van der Waals surface area contributed by atoms with Gasteiger partial charge >= 0.3 is 0 Å². The molecular formula is C27H35N4O4S+. The maximum absolute atomic E-state index is 12.0. The number of hydroxylamine groups is 2. The number of thiazole rings is 1. The van der Waals surface area contributed by atoms with E-state index in [1.165, 1.54) is 0 Å². The van der Waals surface area contributed by atoms with Crippen LogP contribution in [0, 0.1) is 6.92 Å². The van der Waals surface area contributed by atoms with Crippen LogP contribution in [-0.2, 0) is 16.2 Å². The van der Waals surface area contributed by atoms with Crippen molar-refractivity contribution in [1.82, 2.24) is 10.5 Å². The molecule has 0 saturated heterocycles. The molecule has 1 aromatic heterocycles. The van der Waals surface area contributed by atoms with E-state index in [2.05, 4.69) is 22.8 Å². The van der Waals surface area contributed by atoms with Crippen LogP contribution in [0.2, 0.25) is 0 Å². The number of benzene rings is 1. The van der Waals surface area contributed by atoms with Crippen LogP contribution in [0.1, 0.15) is 67.0 Å². The molecule has 1 atom stereocenters. The SMILES string of the molecule is CC.CC.CO[NH2+]C1=CC=C(Oc2c(C=O)cc(C)cc2-c2nc3c(s2)C=CCCC3)C2=NONC12. The highest BCUT2D eigenvalue weighted by atomic mass is 32.1. The van der Waals surface area contributed by atoms with Crippen molar-refractivity contribution in [2.24, 2.45) is 5.16 Å². The van der Waals surface area contributed by atoms with Gasteiger partial charge in [-0.15, -0.1) is 16.8 Å². The van der Waals surface area contributed by atoms with Gasteiger partial charge in [-0.2, -0.15) is 5.48 Å². The topological polar surface area (TPSA) is 98.7 Å². The van der Waals surface area contributed by atoms with Gasteiger partial charge in [0.1, 0.15) is 10.8 Å². The van der Waals surface area contributed by atoms with Gasteiger partial charge in [-0.05, 0) is 56.0 Å². The lowest BCUT2D eigenvalue weighted by molar-refractivity contribution is -0.856. The minimum atomic E-state index is -0.315. The first-order chi connectivity index (χ1) is 17.7. The summed E-state index contributed by atoms with van der Waals surface area (Å²) in [5, 5.41) is 4.93. The van der Waals surface area contributed by atoms with Crippen molar-refractivity contribution in [1.29, 1.82) is 0 Å². The van der Waals surface area contributed by atoms with E-state index in [-0.39, 0.29) is 6.04 Å². The Morgan fingerprint density at radius 1 is 1.22 bits per heavy atom. The highest BCUT2D eigenvalue weighted by molar-refractivity contribution is 7.16. The fraction of sp³-hybridized carbons (Fsp3) is 0.370. The van der Waals surface area contributed by atoms with E-state index in [1.807, 2.05) is 52.8 Å². The van der Waals surface area contributed by atoms with Crippen LogP contribution in [0.5, 0.6) is 5.75 Å². The molecule has 8 nitrogen and oxygen atoms in total. The van der Waals surface area contributed by atoms with Gasteiger partial charge in [0, 0.05) is 6.08 Å². The van der Waals surface area contributed by atoms with Gasteiger partial charge in [0.15, 0.2) is 29.5 Å². The smallest absolute Gasteiger partial charge is 0.171 e. The molecule has 3 aliphatic rings. The number of nitrogens with one attached hydrogen (secondary N) is 1. The molecule has 192 valence electrons. The van der Waals surface area contributed by atoms with Gasteiger partial charge in [-0.25, -0.2) is 9.82 Å². The number of rotatable bonds is 6. The number of allylic oxidation sites excluding steroid dienone is 3. The Bertz CT molecular complexity index is 1200. The average Bonchev–Trinajstić information content (AvgIpc) is 3.51. The van der Waals surface area contributed by atoms with Crippen molar-refractivity contribution >= 4 is 29.4 Å². The maximum atomic E-state index is 12.0. The number of quaternary nitrogens is 1. The Labute approximate surface area is 216 Å². The zero-order valence-corrected chi connectivity index (χ0v) is 22.6. The zero-order chi connectivity index (χ0) is 26.1. The first-order valence-corrected chi connectivity index (χ1v) is 13.2. The maximum Gasteiger partial charge on any atom is 0.171 e. The summed E-state index contributed by atoms with van der Waals surface area (Å²) in [5.74, 6) is 0.963. The largest absolute Gasteiger partial charge is 0.454 e. The number of nitrogens with two attached hydrogens (primary N) is 1. The molecule has 0 spiro atoms. The molecular weight excluding hydrogens is 476 g/mol. The number of aryl methyl sites for hydroxylation is 2. The second-order valence-corrected chi connectivity index (χ2v) is 8.78. The van der Waals surface area contributed by atoms with Crippen molar-refractivity contribution in [2.45, 2.75) is 59.9 Å². The third kappa shape index (κ3) is 5.82. The number of hydrogen-bond donors (Lipinski definition) is 2. The summed E-state index contributed by atoms with van der Waals surface area (Å²) in [6.07, 6.45) is 11.9. The number of ether oxygens (including phenoxy) is 1. The van der Waals surface area contributed by atoms with Crippen LogP contribution in [0.15, 0.2) is 47.0 Å². The molecule has 36 heavy (non-hydrogen) atoms. The number of carbonyl (C=O) groups is 1. The van der Waals surface area contributed by atoms with Gasteiger partial charge in [0.25, 0.3) is 0 Å². The van der Waals surface area contributed by atoms with Crippen LogP contribution in [-0.4, -0.2) is 30.1 Å². The molecule has 5 rings (SSSR count). The van der Waals surface area contributed by atoms with Crippen molar-refractivity contribution in [2.75, 3.05) is 7.11 Å². The first-order valence-electron chi connectivity index (χ1n) is 12.4. The Morgan fingerprint density at radius 3 is 2.78 bits per heavy atom. The Morgan fingerprint density at radius 2 is 2.03 bits per heavy atom. The first kappa shape index (κ1) is 27.5. The molecule has 2 aliphatic carbocycles. The van der Waals surface area contributed by atoms with E-state index in [4.69, 9.17) is 19.5 Å². The van der Waals surface area contributed by atoms with E-state index in [0.717, 1.165) is 58.0 Å². The third-order valence-electron chi connectivity index (χ3n) is 5.47. The number of aromatic nitrogens is 1. The van der Waals surface area contributed by atoms with E-state index in [0.29, 0.717) is 22.8 Å². The molecule has 0 saturated carbocycles. The van der Waals surface area contributed by atoms with Gasteiger partial charge in [-0.1, -0.05) is 38.9 Å². The van der Waals surface area contributed by atoms with Crippen molar-refractivity contribution in [3.63, 3.8) is 0 Å². The van der Waals surface area contributed by atoms with E-state index < -0.39 is 0 Å². The summed E-state index contributed by atoms with van der Waals surface area (Å²) in [6, 6.07) is 3.51. The summed E-state index contributed by atoms with van der Waals surface area (Å²) in [5.41, 5.74) is 9.21. The highest BCUT2D eigenvalue weighted by Gasteiger charge is 2.37. The van der Waals surface area contributed by atoms with Crippen molar-refractivity contribution in [3.05, 3.63) is 63.5 Å². The lowest BCUT2D eigenvalue weighted by atomic mass is 10.0. The minimum Gasteiger partial charge on any atom is -0.454 e. The second-order valence-electron chi connectivity index (χ2n) is 7.75. The summed E-state index contributed by atoms with van der Waals surface area (Å²) in [4.78, 5) is 28.3. The van der Waals surface area contributed by atoms with Gasteiger partial charge in [0.05, 0.1) is 28.8 Å². The normalized spacial score (nSPS) is 17.4. The van der Waals surface area contributed by atoms with Gasteiger partial charge < -0.3 is 4.74 Å². The van der Waals surface area contributed by atoms with Crippen LogP contribution in [0.25, 0.3) is 16.6 Å². The zero-order valence-electron chi connectivity index (χ0n) is 21.8. The van der Waals surface area contributed by atoms with E-state index in [9.17, 15) is 4.79 Å². The number of aldehydes is 1. The molecule has 9 heteroatoms. The number of nitrogens with zero attached hydrogens (tertiary/aromatic N) is 2. The average molecular weight is 512 g/mol. The monoisotopic (exact) mass is 511 g/mol. The molecule has 1 aliphatic heterocycles. The Kier molecular flexibility index (Phi) is 10.1. The van der Waals surface area contributed by atoms with E-state index >= 15 is 0 Å². The van der Waals surface area contributed by atoms with Crippen molar-refractivity contribution in [3.8, 4) is 16.3 Å². The van der Waals surface area contributed by atoms with Crippen molar-refractivity contribution < 1.29 is 24.8 Å². The predicted molar refractivity (Wildman–Crippen MR) is 144 cm³/mol. The molecule has 0 amide bonds. The summed E-state index contributed by atoms with van der Waals surface area (Å²) in [6.45, 7) is 9.96. The van der Waals surface area contributed by atoms with Crippen LogP contribution >= 0.6 is 11.3 Å². The molecule has 2 heterocycles. The lowest BCUT2D eigenvalue weighted by Crippen LogP contribution is -2.83. The highest BCUT2D eigenvalue weighted by Crippen LogP contribution is 2.40. The summed E-state index contributed by atoms with van der Waals surface area (Å²) < 4.78 is 6.34. The molecule has 0 bridgehead atoms.